The van der Waals surface area contributed by atoms with Crippen LogP contribution in [0.5, 0.6) is 0 Å². The van der Waals surface area contributed by atoms with E-state index in [-0.39, 0.29) is 46.5 Å². The van der Waals surface area contributed by atoms with Crippen LogP contribution in [-0.2, 0) is 20.9 Å². The number of nitrogens with zero attached hydrogens (tertiary/aromatic N) is 1. The van der Waals surface area contributed by atoms with Crippen LogP contribution >= 0.6 is 11.8 Å². The Kier molecular flexibility index (Phi) is 4.22. The smallest absolute Gasteiger partial charge is 0.335 e. The lowest BCUT2D eigenvalue weighted by Gasteiger charge is -2.55. The molecule has 3 aliphatic rings. The summed E-state index contributed by atoms with van der Waals surface area (Å²) in [6.07, 6.45) is 1.98. The first-order chi connectivity index (χ1) is 12.7. The lowest BCUT2D eigenvalue weighted by atomic mass is 9.65. The first-order valence-electron chi connectivity index (χ1n) is 9.65. The quantitative estimate of drug-likeness (QED) is 0.583. The van der Waals surface area contributed by atoms with Gasteiger partial charge in [0.05, 0.1) is 10.9 Å². The second kappa shape index (κ2) is 6.13. The van der Waals surface area contributed by atoms with Gasteiger partial charge in [-0.3, -0.25) is 4.79 Å². The lowest BCUT2D eigenvalue weighted by molar-refractivity contribution is -0.170. The molecule has 2 fully saturated rings. The van der Waals surface area contributed by atoms with E-state index >= 15 is 0 Å². The summed E-state index contributed by atoms with van der Waals surface area (Å²) in [6, 6.07) is 9.82. The van der Waals surface area contributed by atoms with Crippen molar-refractivity contribution in [3.05, 3.63) is 47.5 Å². The Morgan fingerprint density at radius 2 is 1.85 bits per heavy atom. The van der Waals surface area contributed by atoms with Crippen molar-refractivity contribution in [2.75, 3.05) is 0 Å². The molecule has 2 saturated heterocycles. The van der Waals surface area contributed by atoms with Crippen LogP contribution in [0.25, 0.3) is 0 Å². The number of hydrogen-bond donors (Lipinski definition) is 0. The van der Waals surface area contributed by atoms with Gasteiger partial charge in [0.2, 0.25) is 5.91 Å². The molecule has 2 heterocycles. The van der Waals surface area contributed by atoms with E-state index in [2.05, 4.69) is 34.6 Å². The Balaban J connectivity index is 1.62. The SMILES string of the molecule is CC1C=C(C(=O)OCc2ccccc2)C2(C(=O)N3[C@@H](C)C(C)(C)S[C@@H]32)C1C. The highest BCUT2D eigenvalue weighted by Crippen LogP contribution is 2.67. The van der Waals surface area contributed by atoms with Crippen LogP contribution in [0.4, 0.5) is 0 Å². The Hall–Kier alpha value is -1.75. The fourth-order valence-electron chi connectivity index (χ4n) is 4.74. The predicted molar refractivity (Wildman–Crippen MR) is 107 cm³/mol. The van der Waals surface area contributed by atoms with Crippen molar-refractivity contribution in [1.29, 1.82) is 0 Å². The van der Waals surface area contributed by atoms with Gasteiger partial charge >= 0.3 is 5.97 Å². The number of fused-ring (bicyclic) bond motifs is 2. The molecule has 1 amide bonds. The van der Waals surface area contributed by atoms with Gasteiger partial charge in [0.25, 0.3) is 0 Å². The van der Waals surface area contributed by atoms with Crippen LogP contribution < -0.4 is 0 Å². The van der Waals surface area contributed by atoms with Crippen LogP contribution in [0.3, 0.4) is 0 Å². The first kappa shape index (κ1) is 18.6. The van der Waals surface area contributed by atoms with E-state index in [1.807, 2.05) is 53.1 Å². The molecule has 1 spiro atoms. The molecule has 0 aromatic heterocycles. The third-order valence-electron chi connectivity index (χ3n) is 6.88. The van der Waals surface area contributed by atoms with Crippen LogP contribution in [0.1, 0.15) is 40.2 Å². The number of benzene rings is 1. The number of hydrogen-bond acceptors (Lipinski definition) is 4. The highest BCUT2D eigenvalue weighted by atomic mass is 32.2. The fourth-order valence-corrected chi connectivity index (χ4v) is 6.65. The van der Waals surface area contributed by atoms with Gasteiger partial charge in [0.15, 0.2) is 0 Å². The van der Waals surface area contributed by atoms with E-state index < -0.39 is 5.41 Å². The number of β-lactam (4-membered cyclic amide) rings is 1. The Morgan fingerprint density at radius 1 is 1.19 bits per heavy atom. The third kappa shape index (κ3) is 2.43. The summed E-state index contributed by atoms with van der Waals surface area (Å²) in [5.74, 6) is 0.0213. The first-order valence-corrected chi connectivity index (χ1v) is 10.5. The van der Waals surface area contributed by atoms with Crippen molar-refractivity contribution in [2.24, 2.45) is 17.3 Å². The van der Waals surface area contributed by atoms with Gasteiger partial charge in [-0.2, -0.15) is 0 Å². The molecule has 144 valence electrons. The molecule has 4 rings (SSSR count). The van der Waals surface area contributed by atoms with Gasteiger partial charge in [-0.25, -0.2) is 4.79 Å². The third-order valence-corrected chi connectivity index (χ3v) is 8.65. The van der Waals surface area contributed by atoms with Crippen LogP contribution in [0.15, 0.2) is 42.0 Å². The van der Waals surface area contributed by atoms with E-state index in [1.165, 1.54) is 0 Å². The van der Waals surface area contributed by atoms with Gasteiger partial charge in [-0.15, -0.1) is 11.8 Å². The molecule has 3 unspecified atom stereocenters. The molecule has 0 saturated carbocycles. The van der Waals surface area contributed by atoms with Crippen LogP contribution in [-0.4, -0.2) is 32.9 Å². The average molecular weight is 386 g/mol. The number of carbonyl (C=O) groups is 2. The maximum Gasteiger partial charge on any atom is 0.335 e. The highest BCUT2D eigenvalue weighted by molar-refractivity contribution is 8.01. The number of amides is 1. The summed E-state index contributed by atoms with van der Waals surface area (Å²) < 4.78 is 5.61. The normalized spacial score (nSPS) is 36.4. The van der Waals surface area contributed by atoms with Crippen molar-refractivity contribution < 1.29 is 14.3 Å². The molecule has 4 nitrogen and oxygen atoms in total. The van der Waals surface area contributed by atoms with E-state index in [9.17, 15) is 9.59 Å². The molecule has 0 radical (unpaired) electrons. The zero-order chi connectivity index (χ0) is 19.6. The maximum absolute atomic E-state index is 13.4. The minimum Gasteiger partial charge on any atom is -0.457 e. The van der Waals surface area contributed by atoms with Crippen LogP contribution in [0, 0.1) is 17.3 Å². The monoisotopic (exact) mass is 385 g/mol. The average Bonchev–Trinajstić information content (AvgIpc) is 3.04. The van der Waals surface area contributed by atoms with E-state index in [1.54, 1.807) is 0 Å². The van der Waals surface area contributed by atoms with E-state index in [4.69, 9.17) is 4.74 Å². The summed E-state index contributed by atoms with van der Waals surface area (Å²) in [4.78, 5) is 28.4. The Labute approximate surface area is 165 Å². The number of esters is 1. The summed E-state index contributed by atoms with van der Waals surface area (Å²) in [5, 5.41) is 0.0190. The maximum atomic E-state index is 13.4. The summed E-state index contributed by atoms with van der Waals surface area (Å²) in [7, 11) is 0. The van der Waals surface area contributed by atoms with E-state index in [0.717, 1.165) is 5.56 Å². The molecule has 5 heteroatoms. The fraction of sp³-hybridized carbons (Fsp3) is 0.545. The predicted octanol–water partition coefficient (Wildman–Crippen LogP) is 4.01. The molecule has 1 aromatic carbocycles. The van der Waals surface area contributed by atoms with Gasteiger partial charge < -0.3 is 9.64 Å². The highest BCUT2D eigenvalue weighted by Gasteiger charge is 2.74. The molecule has 27 heavy (non-hydrogen) atoms. The van der Waals surface area contributed by atoms with Gasteiger partial charge in [-0.05, 0) is 38.2 Å². The van der Waals surface area contributed by atoms with Gasteiger partial charge in [0.1, 0.15) is 12.0 Å². The largest absolute Gasteiger partial charge is 0.457 e. The molecule has 1 aromatic rings. The zero-order valence-electron chi connectivity index (χ0n) is 16.6. The Morgan fingerprint density at radius 3 is 2.52 bits per heavy atom. The second-order valence-corrected chi connectivity index (χ2v) is 10.4. The van der Waals surface area contributed by atoms with Gasteiger partial charge in [-0.1, -0.05) is 50.3 Å². The minimum atomic E-state index is -0.736. The molecule has 0 N–H and O–H groups in total. The molecular formula is C22H27NO3S. The van der Waals surface area contributed by atoms with Crippen LogP contribution in [0.2, 0.25) is 0 Å². The Bertz CT molecular complexity index is 818. The number of ether oxygens (including phenoxy) is 1. The molecule has 1 aliphatic carbocycles. The van der Waals surface area contributed by atoms with E-state index in [0.29, 0.717) is 5.57 Å². The van der Waals surface area contributed by atoms with Crippen molar-refractivity contribution in [2.45, 2.75) is 57.4 Å². The second-order valence-electron chi connectivity index (χ2n) is 8.62. The van der Waals surface area contributed by atoms with Crippen molar-refractivity contribution in [1.82, 2.24) is 4.90 Å². The number of carbonyl (C=O) groups excluding carboxylic acids is 2. The lowest BCUT2D eigenvalue weighted by Crippen LogP contribution is -2.70. The molecule has 5 atom stereocenters. The summed E-state index contributed by atoms with van der Waals surface area (Å²) in [5.41, 5.74) is 0.785. The number of rotatable bonds is 3. The topological polar surface area (TPSA) is 46.6 Å². The molecule has 0 bridgehead atoms. The standard InChI is InChI=1S/C22H27NO3S/c1-13-11-17(18(24)26-12-16-9-7-6-8-10-16)22(14(13)2)19(25)23-15(3)21(4,5)27-20(22)23/h6-11,13-15,20H,12H2,1-5H3/t13?,14?,15-,20+,22?/m0/s1. The number of allylic oxidation sites excluding steroid dienone is 1. The molecule has 2 aliphatic heterocycles. The summed E-state index contributed by atoms with van der Waals surface area (Å²) in [6.45, 7) is 10.9. The van der Waals surface area contributed by atoms with Crippen molar-refractivity contribution in [3.8, 4) is 0 Å². The van der Waals surface area contributed by atoms with Crippen molar-refractivity contribution >= 4 is 23.6 Å². The van der Waals surface area contributed by atoms with Crippen molar-refractivity contribution in [3.63, 3.8) is 0 Å². The number of thioether (sulfide) groups is 1. The minimum absolute atomic E-state index is 0.0190. The molecular weight excluding hydrogens is 358 g/mol. The zero-order valence-corrected chi connectivity index (χ0v) is 17.4. The van der Waals surface area contributed by atoms with Gasteiger partial charge in [0, 0.05) is 10.8 Å². The summed E-state index contributed by atoms with van der Waals surface area (Å²) >= 11 is 1.82.